The highest BCUT2D eigenvalue weighted by Gasteiger charge is 2.35. The van der Waals surface area contributed by atoms with Gasteiger partial charge in [0.25, 0.3) is 11.8 Å². The van der Waals surface area contributed by atoms with Crippen LogP contribution in [0.1, 0.15) is 59.9 Å². The number of carbonyl (C=O) groups excluding carboxylic acids is 4. The Morgan fingerprint density at radius 2 is 1.65 bits per heavy atom. The van der Waals surface area contributed by atoms with Crippen molar-refractivity contribution >= 4 is 39.6 Å². The zero-order valence-corrected chi connectivity index (χ0v) is 21.3. The third-order valence-electron chi connectivity index (χ3n) is 5.74. The molecular weight excluding hydrogens is 498 g/mol. The molecule has 1 aliphatic heterocycles. The second-order valence-corrected chi connectivity index (χ2v) is 9.79. The number of rotatable bonds is 10. The zero-order valence-electron chi connectivity index (χ0n) is 19.7. The van der Waals surface area contributed by atoms with Crippen molar-refractivity contribution in [2.45, 2.75) is 46.2 Å². The number of nitrogens with one attached hydrogen (secondary N) is 1. The van der Waals surface area contributed by atoms with Gasteiger partial charge >= 0.3 is 0 Å². The maximum Gasteiger partial charge on any atom is 0.261 e. The van der Waals surface area contributed by atoms with Gasteiger partial charge in [-0.3, -0.25) is 24.1 Å². The van der Waals surface area contributed by atoms with Crippen molar-refractivity contribution in [3.05, 3.63) is 69.7 Å². The molecule has 0 spiro atoms. The van der Waals surface area contributed by atoms with E-state index in [4.69, 9.17) is 0 Å². The molecule has 0 saturated carbocycles. The molecule has 1 aliphatic rings. The lowest BCUT2D eigenvalue weighted by Gasteiger charge is -2.29. The van der Waals surface area contributed by atoms with Crippen molar-refractivity contribution in [2.75, 3.05) is 13.1 Å². The fourth-order valence-electron chi connectivity index (χ4n) is 3.84. The van der Waals surface area contributed by atoms with Gasteiger partial charge in [0.1, 0.15) is 6.04 Å². The first-order valence-corrected chi connectivity index (χ1v) is 12.2. The molecule has 1 N–H and O–H groups in total. The standard InChI is InChI=1S/C26H30BrN3O4/c1-17(2)15-28-24(32)18(3)30(16-19-8-6-9-20(27)14-19)23(31)12-7-13-29-25(33)21-10-4-5-11-22(21)26(29)34/h4-6,8-11,14,17-18H,7,12-13,15-16H2,1-3H3,(H,28,32). The van der Waals surface area contributed by atoms with Gasteiger partial charge in [-0.1, -0.05) is 54.0 Å². The SMILES string of the molecule is CC(C)CNC(=O)C(C)N(Cc1cccc(Br)c1)C(=O)CCCN1C(=O)c2ccccc2C1=O. The molecule has 3 rings (SSSR count). The molecule has 180 valence electrons. The smallest absolute Gasteiger partial charge is 0.261 e. The maximum absolute atomic E-state index is 13.2. The number of carbonyl (C=O) groups is 4. The normalized spacial score (nSPS) is 13.7. The largest absolute Gasteiger partial charge is 0.354 e. The van der Waals surface area contributed by atoms with Crippen molar-refractivity contribution in [3.8, 4) is 0 Å². The number of imide groups is 1. The monoisotopic (exact) mass is 527 g/mol. The first-order valence-electron chi connectivity index (χ1n) is 11.5. The first-order chi connectivity index (χ1) is 16.2. The number of nitrogens with zero attached hydrogens (tertiary/aromatic N) is 2. The fourth-order valence-corrected chi connectivity index (χ4v) is 4.29. The van der Waals surface area contributed by atoms with Crippen LogP contribution in [0.25, 0.3) is 0 Å². The quantitative estimate of drug-likeness (QED) is 0.472. The molecule has 4 amide bonds. The third-order valence-corrected chi connectivity index (χ3v) is 6.24. The number of fused-ring (bicyclic) bond motifs is 1. The average molecular weight is 528 g/mol. The van der Waals surface area contributed by atoms with Gasteiger partial charge in [0.05, 0.1) is 11.1 Å². The van der Waals surface area contributed by atoms with Gasteiger partial charge in [-0.15, -0.1) is 0 Å². The Morgan fingerprint density at radius 3 is 2.24 bits per heavy atom. The van der Waals surface area contributed by atoms with Gasteiger partial charge in [-0.25, -0.2) is 0 Å². The van der Waals surface area contributed by atoms with Crippen LogP contribution < -0.4 is 5.32 Å². The van der Waals surface area contributed by atoms with Gasteiger partial charge in [-0.05, 0) is 49.1 Å². The van der Waals surface area contributed by atoms with Gasteiger partial charge in [0.15, 0.2) is 0 Å². The van der Waals surface area contributed by atoms with Gasteiger partial charge in [0.2, 0.25) is 11.8 Å². The van der Waals surface area contributed by atoms with Gasteiger partial charge in [-0.2, -0.15) is 0 Å². The summed E-state index contributed by atoms with van der Waals surface area (Å²) in [6.45, 7) is 6.69. The summed E-state index contributed by atoms with van der Waals surface area (Å²) in [5, 5.41) is 2.90. The Hall–Kier alpha value is -3.00. The summed E-state index contributed by atoms with van der Waals surface area (Å²) in [5.74, 6) is -0.785. The minimum absolute atomic E-state index is 0.114. The summed E-state index contributed by atoms with van der Waals surface area (Å²) in [6, 6.07) is 13.7. The minimum Gasteiger partial charge on any atom is -0.354 e. The summed E-state index contributed by atoms with van der Waals surface area (Å²) in [6.07, 6.45) is 0.433. The Kier molecular flexibility index (Phi) is 8.61. The summed E-state index contributed by atoms with van der Waals surface area (Å²) >= 11 is 3.45. The lowest BCUT2D eigenvalue weighted by atomic mass is 10.1. The summed E-state index contributed by atoms with van der Waals surface area (Å²) in [7, 11) is 0. The minimum atomic E-state index is -0.662. The predicted molar refractivity (Wildman–Crippen MR) is 133 cm³/mol. The van der Waals surface area contributed by atoms with E-state index in [2.05, 4.69) is 21.2 Å². The second kappa shape index (κ2) is 11.4. The van der Waals surface area contributed by atoms with Crippen molar-refractivity contribution in [3.63, 3.8) is 0 Å². The van der Waals surface area contributed by atoms with Gasteiger partial charge in [0, 0.05) is 30.5 Å². The van der Waals surface area contributed by atoms with E-state index >= 15 is 0 Å². The summed E-state index contributed by atoms with van der Waals surface area (Å²) in [4.78, 5) is 53.8. The van der Waals surface area contributed by atoms with Crippen LogP contribution in [0.3, 0.4) is 0 Å². The van der Waals surface area contributed by atoms with Crippen LogP contribution in [-0.4, -0.2) is 52.6 Å². The molecule has 0 fully saturated rings. The molecule has 0 saturated heterocycles. The van der Waals surface area contributed by atoms with Crippen LogP contribution in [0.15, 0.2) is 53.0 Å². The molecule has 0 radical (unpaired) electrons. The van der Waals surface area contributed by atoms with E-state index in [-0.39, 0.29) is 43.1 Å². The third kappa shape index (κ3) is 6.11. The highest BCUT2D eigenvalue weighted by atomic mass is 79.9. The molecule has 1 unspecified atom stereocenters. The van der Waals surface area contributed by atoms with E-state index in [1.807, 2.05) is 38.1 Å². The highest BCUT2D eigenvalue weighted by molar-refractivity contribution is 9.10. The van der Waals surface area contributed by atoms with Crippen LogP contribution in [0.5, 0.6) is 0 Å². The molecule has 2 aromatic rings. The van der Waals surface area contributed by atoms with E-state index in [1.54, 1.807) is 36.1 Å². The molecule has 1 heterocycles. The van der Waals surface area contributed by atoms with Crippen LogP contribution in [0, 0.1) is 5.92 Å². The van der Waals surface area contributed by atoms with Crippen LogP contribution in [-0.2, 0) is 16.1 Å². The zero-order chi connectivity index (χ0) is 24.8. The number of hydrogen-bond donors (Lipinski definition) is 1. The van der Waals surface area contributed by atoms with E-state index < -0.39 is 6.04 Å². The van der Waals surface area contributed by atoms with Crippen LogP contribution in [0.4, 0.5) is 0 Å². The van der Waals surface area contributed by atoms with Crippen LogP contribution >= 0.6 is 15.9 Å². The predicted octanol–water partition coefficient (Wildman–Crippen LogP) is 4.01. The Labute approximate surface area is 208 Å². The van der Waals surface area contributed by atoms with Crippen molar-refractivity contribution in [2.24, 2.45) is 5.92 Å². The lowest BCUT2D eigenvalue weighted by molar-refractivity contribution is -0.140. The summed E-state index contributed by atoms with van der Waals surface area (Å²) < 4.78 is 0.889. The number of benzene rings is 2. The van der Waals surface area contributed by atoms with E-state index in [0.717, 1.165) is 10.0 Å². The Morgan fingerprint density at radius 1 is 1.00 bits per heavy atom. The van der Waals surface area contributed by atoms with E-state index in [0.29, 0.717) is 30.0 Å². The van der Waals surface area contributed by atoms with E-state index in [9.17, 15) is 19.2 Å². The maximum atomic E-state index is 13.2. The first kappa shape index (κ1) is 25.6. The highest BCUT2D eigenvalue weighted by Crippen LogP contribution is 2.23. The summed E-state index contributed by atoms with van der Waals surface area (Å²) in [5.41, 5.74) is 1.68. The molecule has 34 heavy (non-hydrogen) atoms. The Bertz CT molecular complexity index is 1050. The molecule has 8 heteroatoms. The average Bonchev–Trinajstić information content (AvgIpc) is 3.05. The second-order valence-electron chi connectivity index (χ2n) is 8.88. The number of amides is 4. The van der Waals surface area contributed by atoms with Crippen LogP contribution in [0.2, 0.25) is 0 Å². The molecule has 7 nitrogen and oxygen atoms in total. The molecule has 0 bridgehead atoms. The van der Waals surface area contributed by atoms with Crippen molar-refractivity contribution in [1.82, 2.24) is 15.1 Å². The van der Waals surface area contributed by atoms with Gasteiger partial charge < -0.3 is 10.2 Å². The lowest BCUT2D eigenvalue weighted by Crippen LogP contribution is -2.48. The molecule has 0 aliphatic carbocycles. The molecule has 1 atom stereocenters. The molecular formula is C26H30BrN3O4. The van der Waals surface area contributed by atoms with Crippen molar-refractivity contribution < 1.29 is 19.2 Å². The fraction of sp³-hybridized carbons (Fsp3) is 0.385. The molecule has 0 aromatic heterocycles. The topological polar surface area (TPSA) is 86.8 Å². The van der Waals surface area contributed by atoms with E-state index in [1.165, 1.54) is 4.90 Å². The Balaban J connectivity index is 1.66. The molecule has 2 aromatic carbocycles. The number of hydrogen-bond acceptors (Lipinski definition) is 4. The number of halogens is 1. The van der Waals surface area contributed by atoms with Crippen molar-refractivity contribution in [1.29, 1.82) is 0 Å².